The molecule has 1 N–H and O–H groups in total. The number of methoxy groups -OCH3 is 1. The minimum atomic E-state index is -0.427. The summed E-state index contributed by atoms with van der Waals surface area (Å²) in [7, 11) is 1.65. The molecule has 0 bridgehead atoms. The largest absolute Gasteiger partial charge is 0.496 e. The number of aromatic nitrogens is 1. The summed E-state index contributed by atoms with van der Waals surface area (Å²) in [5, 5.41) is 14.0. The zero-order valence-corrected chi connectivity index (χ0v) is 12.9. The van der Waals surface area contributed by atoms with E-state index in [1.807, 2.05) is 24.3 Å². The van der Waals surface area contributed by atoms with Crippen molar-refractivity contribution in [3.05, 3.63) is 57.8 Å². The first kappa shape index (κ1) is 15.8. The van der Waals surface area contributed by atoms with Crippen molar-refractivity contribution in [3.63, 3.8) is 0 Å². The first-order chi connectivity index (χ1) is 10.5. The van der Waals surface area contributed by atoms with Crippen LogP contribution in [0.3, 0.4) is 0 Å². The standard InChI is InChI=1S/C16H19N3O3/c1-11-8-16(18-10-14(11)19(20)21)17-9-12(2)13-6-4-5-7-15(13)22-3/h4-8,10,12H,9H2,1-3H3,(H,17,18). The summed E-state index contributed by atoms with van der Waals surface area (Å²) in [5.74, 6) is 1.70. The second kappa shape index (κ2) is 6.89. The van der Waals surface area contributed by atoms with Crippen LogP contribution in [0.2, 0.25) is 0 Å². The molecule has 0 fully saturated rings. The van der Waals surface area contributed by atoms with Crippen LogP contribution in [0, 0.1) is 17.0 Å². The van der Waals surface area contributed by atoms with E-state index in [1.165, 1.54) is 6.20 Å². The summed E-state index contributed by atoms with van der Waals surface area (Å²) >= 11 is 0. The molecule has 22 heavy (non-hydrogen) atoms. The van der Waals surface area contributed by atoms with E-state index in [4.69, 9.17) is 4.74 Å². The van der Waals surface area contributed by atoms with Gasteiger partial charge < -0.3 is 10.1 Å². The van der Waals surface area contributed by atoms with Crippen molar-refractivity contribution in [3.8, 4) is 5.75 Å². The molecule has 0 saturated carbocycles. The SMILES string of the molecule is COc1ccccc1C(C)CNc1cc(C)c([N+](=O)[O-])cn1. The highest BCUT2D eigenvalue weighted by Gasteiger charge is 2.13. The lowest BCUT2D eigenvalue weighted by Gasteiger charge is -2.16. The molecule has 0 aliphatic heterocycles. The first-order valence-electron chi connectivity index (χ1n) is 7.00. The molecule has 0 radical (unpaired) electrons. The van der Waals surface area contributed by atoms with Gasteiger partial charge >= 0.3 is 0 Å². The third-order valence-electron chi connectivity index (χ3n) is 3.54. The third-order valence-corrected chi connectivity index (χ3v) is 3.54. The fraction of sp³-hybridized carbons (Fsp3) is 0.312. The highest BCUT2D eigenvalue weighted by atomic mass is 16.6. The van der Waals surface area contributed by atoms with Crippen molar-refractivity contribution in [1.82, 2.24) is 4.98 Å². The Balaban J connectivity index is 2.06. The van der Waals surface area contributed by atoms with Crippen LogP contribution in [0.1, 0.15) is 24.0 Å². The van der Waals surface area contributed by atoms with Crippen LogP contribution < -0.4 is 10.1 Å². The van der Waals surface area contributed by atoms with Crippen molar-refractivity contribution in [2.24, 2.45) is 0 Å². The minimum Gasteiger partial charge on any atom is -0.496 e. The van der Waals surface area contributed by atoms with Gasteiger partial charge in [-0.05, 0) is 24.6 Å². The number of nitrogens with one attached hydrogen (secondary N) is 1. The van der Waals surface area contributed by atoms with E-state index < -0.39 is 4.92 Å². The molecule has 2 aromatic rings. The maximum Gasteiger partial charge on any atom is 0.290 e. The van der Waals surface area contributed by atoms with Crippen LogP contribution >= 0.6 is 0 Å². The molecular formula is C16H19N3O3. The molecule has 1 atom stereocenters. The molecule has 116 valence electrons. The zero-order valence-electron chi connectivity index (χ0n) is 12.9. The van der Waals surface area contributed by atoms with Gasteiger partial charge in [-0.3, -0.25) is 10.1 Å². The number of pyridine rings is 1. The van der Waals surface area contributed by atoms with E-state index in [-0.39, 0.29) is 11.6 Å². The summed E-state index contributed by atoms with van der Waals surface area (Å²) in [6, 6.07) is 9.55. The third kappa shape index (κ3) is 3.52. The van der Waals surface area contributed by atoms with Crippen LogP contribution in [0.25, 0.3) is 0 Å². The molecule has 0 saturated heterocycles. The summed E-state index contributed by atoms with van der Waals surface area (Å²) in [5.41, 5.74) is 1.73. The number of nitrogens with zero attached hydrogens (tertiary/aromatic N) is 2. The second-order valence-corrected chi connectivity index (χ2v) is 5.14. The van der Waals surface area contributed by atoms with E-state index in [9.17, 15) is 10.1 Å². The Labute approximate surface area is 129 Å². The number of benzene rings is 1. The van der Waals surface area contributed by atoms with Crippen LogP contribution in [-0.4, -0.2) is 23.6 Å². The van der Waals surface area contributed by atoms with E-state index in [2.05, 4.69) is 17.2 Å². The molecule has 6 heteroatoms. The number of para-hydroxylation sites is 1. The maximum absolute atomic E-state index is 10.8. The predicted molar refractivity (Wildman–Crippen MR) is 85.5 cm³/mol. The van der Waals surface area contributed by atoms with Gasteiger partial charge in [-0.25, -0.2) is 4.98 Å². The van der Waals surface area contributed by atoms with Crippen LogP contribution in [0.4, 0.5) is 11.5 Å². The second-order valence-electron chi connectivity index (χ2n) is 5.14. The van der Waals surface area contributed by atoms with Gasteiger partial charge in [0.1, 0.15) is 17.8 Å². The Morgan fingerprint density at radius 1 is 1.41 bits per heavy atom. The maximum atomic E-state index is 10.8. The normalized spacial score (nSPS) is 11.8. The van der Waals surface area contributed by atoms with Gasteiger partial charge in [0.15, 0.2) is 0 Å². The Kier molecular flexibility index (Phi) is 4.93. The predicted octanol–water partition coefficient (Wildman–Crippen LogP) is 3.52. The Hall–Kier alpha value is -2.63. The van der Waals surface area contributed by atoms with Gasteiger partial charge in [0.05, 0.1) is 12.0 Å². The molecule has 0 spiro atoms. The zero-order chi connectivity index (χ0) is 16.1. The van der Waals surface area contributed by atoms with Gasteiger partial charge in [0, 0.05) is 18.0 Å². The molecule has 0 amide bonds. The van der Waals surface area contributed by atoms with Crippen molar-refractivity contribution in [2.45, 2.75) is 19.8 Å². The highest BCUT2D eigenvalue weighted by Crippen LogP contribution is 2.26. The molecule has 1 aromatic carbocycles. The smallest absolute Gasteiger partial charge is 0.290 e. The van der Waals surface area contributed by atoms with Crippen molar-refractivity contribution in [1.29, 1.82) is 0 Å². The van der Waals surface area contributed by atoms with E-state index >= 15 is 0 Å². The lowest BCUT2D eigenvalue weighted by atomic mass is 10.00. The molecule has 1 unspecified atom stereocenters. The molecule has 6 nitrogen and oxygen atoms in total. The van der Waals surface area contributed by atoms with E-state index in [0.717, 1.165) is 11.3 Å². The minimum absolute atomic E-state index is 0.0309. The van der Waals surface area contributed by atoms with Crippen molar-refractivity contribution >= 4 is 11.5 Å². The number of anilines is 1. The van der Waals surface area contributed by atoms with Gasteiger partial charge in [-0.1, -0.05) is 25.1 Å². The number of aryl methyl sites for hydroxylation is 1. The number of ether oxygens (including phenoxy) is 1. The Morgan fingerprint density at radius 3 is 2.77 bits per heavy atom. The number of nitro groups is 1. The summed E-state index contributed by atoms with van der Waals surface area (Å²) < 4.78 is 5.36. The average molecular weight is 301 g/mol. The first-order valence-corrected chi connectivity index (χ1v) is 7.00. The molecule has 2 rings (SSSR count). The molecule has 0 aliphatic carbocycles. The molecule has 1 heterocycles. The quantitative estimate of drug-likeness (QED) is 0.652. The number of hydrogen-bond donors (Lipinski definition) is 1. The Bertz CT molecular complexity index is 673. The Morgan fingerprint density at radius 2 is 2.14 bits per heavy atom. The fourth-order valence-electron chi connectivity index (χ4n) is 2.28. The highest BCUT2D eigenvalue weighted by molar-refractivity contribution is 5.47. The lowest BCUT2D eigenvalue weighted by molar-refractivity contribution is -0.385. The average Bonchev–Trinajstić information content (AvgIpc) is 2.52. The van der Waals surface area contributed by atoms with E-state index in [0.29, 0.717) is 17.9 Å². The van der Waals surface area contributed by atoms with Crippen LogP contribution in [0.5, 0.6) is 5.75 Å². The molecule has 0 aliphatic rings. The number of hydrogen-bond acceptors (Lipinski definition) is 5. The van der Waals surface area contributed by atoms with Crippen LogP contribution in [-0.2, 0) is 0 Å². The van der Waals surface area contributed by atoms with Crippen LogP contribution in [0.15, 0.2) is 36.5 Å². The van der Waals surface area contributed by atoms with Crippen molar-refractivity contribution < 1.29 is 9.66 Å². The van der Waals surface area contributed by atoms with Gasteiger partial charge in [0.25, 0.3) is 5.69 Å². The monoisotopic (exact) mass is 301 g/mol. The lowest BCUT2D eigenvalue weighted by Crippen LogP contribution is -2.12. The van der Waals surface area contributed by atoms with Crippen molar-refractivity contribution in [2.75, 3.05) is 19.0 Å². The fourth-order valence-corrected chi connectivity index (χ4v) is 2.28. The molecular weight excluding hydrogens is 282 g/mol. The molecule has 1 aromatic heterocycles. The summed E-state index contributed by atoms with van der Waals surface area (Å²) in [4.78, 5) is 14.4. The number of rotatable bonds is 6. The van der Waals surface area contributed by atoms with E-state index in [1.54, 1.807) is 20.1 Å². The van der Waals surface area contributed by atoms with Gasteiger partial charge in [-0.2, -0.15) is 0 Å². The topological polar surface area (TPSA) is 77.3 Å². The summed E-state index contributed by atoms with van der Waals surface area (Å²) in [6.45, 7) is 4.45. The van der Waals surface area contributed by atoms with Gasteiger partial charge in [-0.15, -0.1) is 0 Å². The summed E-state index contributed by atoms with van der Waals surface area (Å²) in [6.07, 6.45) is 1.28. The van der Waals surface area contributed by atoms with Gasteiger partial charge in [0.2, 0.25) is 0 Å².